The molecular weight excluding hydrogens is 326 g/mol. The van der Waals surface area contributed by atoms with Gasteiger partial charge in [0.25, 0.3) is 5.56 Å². The van der Waals surface area contributed by atoms with Crippen LogP contribution < -0.4 is 5.56 Å². The number of nitrogens with zero attached hydrogens (tertiary/aromatic N) is 3. The van der Waals surface area contributed by atoms with Gasteiger partial charge in [0.05, 0.1) is 11.5 Å². The molecule has 23 heavy (non-hydrogen) atoms. The van der Waals surface area contributed by atoms with Crippen LogP contribution in [-0.2, 0) is 19.4 Å². The van der Waals surface area contributed by atoms with E-state index in [4.69, 9.17) is 10.2 Å². The lowest BCUT2D eigenvalue weighted by Gasteiger charge is -2.09. The maximum absolute atomic E-state index is 13.0. The van der Waals surface area contributed by atoms with E-state index >= 15 is 0 Å². The summed E-state index contributed by atoms with van der Waals surface area (Å²) in [6.07, 6.45) is 7.82. The van der Waals surface area contributed by atoms with Crippen molar-refractivity contribution in [3.8, 4) is 6.07 Å². The summed E-state index contributed by atoms with van der Waals surface area (Å²) in [5, 5.41) is 10.2. The Kier molecular flexibility index (Phi) is 5.19. The molecule has 0 aromatic carbocycles. The van der Waals surface area contributed by atoms with Gasteiger partial charge in [-0.1, -0.05) is 24.3 Å². The number of allylic oxidation sites excluding steroid dienone is 1. The largest absolute Gasteiger partial charge is 0.283 e. The van der Waals surface area contributed by atoms with Crippen LogP contribution in [0.3, 0.4) is 0 Å². The number of aromatic nitrogens is 2. The summed E-state index contributed by atoms with van der Waals surface area (Å²) >= 11 is 3.16. The van der Waals surface area contributed by atoms with Crippen molar-refractivity contribution in [3.63, 3.8) is 0 Å². The molecule has 3 rings (SSSR count). The molecule has 0 fully saturated rings. The molecule has 0 bridgehead atoms. The second-order valence-corrected chi connectivity index (χ2v) is 7.75. The van der Waals surface area contributed by atoms with Gasteiger partial charge in [0.1, 0.15) is 4.83 Å². The SMILES string of the molecule is C=CCn1c(SCCC#N)nc2sc3c(c2c1=O)CCCCC3. The molecule has 0 saturated heterocycles. The standard InChI is InChI=1S/C17H19N3OS2/c1-2-10-20-16(21)14-12-7-4-3-5-8-13(12)23-15(14)19-17(20)22-11-6-9-18/h2H,1,3-8,10-11H2. The quantitative estimate of drug-likeness (QED) is 0.271. The number of thioether (sulfide) groups is 1. The van der Waals surface area contributed by atoms with Crippen molar-refractivity contribution in [2.45, 2.75) is 50.2 Å². The highest BCUT2D eigenvalue weighted by Gasteiger charge is 2.21. The van der Waals surface area contributed by atoms with Crippen LogP contribution in [0.25, 0.3) is 10.2 Å². The third-order valence-corrected chi connectivity index (χ3v) is 6.21. The van der Waals surface area contributed by atoms with Crippen LogP contribution in [0.5, 0.6) is 0 Å². The van der Waals surface area contributed by atoms with Gasteiger partial charge in [0, 0.05) is 23.6 Å². The first-order valence-electron chi connectivity index (χ1n) is 7.92. The summed E-state index contributed by atoms with van der Waals surface area (Å²) in [7, 11) is 0. The molecule has 2 heterocycles. The van der Waals surface area contributed by atoms with E-state index in [1.807, 2.05) is 0 Å². The summed E-state index contributed by atoms with van der Waals surface area (Å²) in [4.78, 5) is 20.0. The summed E-state index contributed by atoms with van der Waals surface area (Å²) in [6.45, 7) is 4.22. The Balaban J connectivity index is 2.14. The molecule has 0 spiro atoms. The van der Waals surface area contributed by atoms with Crippen LogP contribution in [0, 0.1) is 11.3 Å². The summed E-state index contributed by atoms with van der Waals surface area (Å²) in [5.41, 5.74) is 1.28. The third kappa shape index (κ3) is 3.22. The molecule has 6 heteroatoms. The average Bonchev–Trinajstić information content (AvgIpc) is 2.73. The van der Waals surface area contributed by atoms with Gasteiger partial charge in [-0.2, -0.15) is 5.26 Å². The summed E-state index contributed by atoms with van der Waals surface area (Å²) in [6, 6.07) is 2.13. The van der Waals surface area contributed by atoms with Crippen LogP contribution in [0.1, 0.15) is 36.1 Å². The number of nitriles is 1. The number of rotatable bonds is 5. The fourth-order valence-electron chi connectivity index (χ4n) is 2.98. The van der Waals surface area contributed by atoms with Gasteiger partial charge in [-0.25, -0.2) is 4.98 Å². The van der Waals surface area contributed by atoms with Crippen molar-refractivity contribution >= 4 is 33.3 Å². The molecule has 0 N–H and O–H groups in total. The van der Waals surface area contributed by atoms with Gasteiger partial charge in [-0.3, -0.25) is 9.36 Å². The van der Waals surface area contributed by atoms with Crippen LogP contribution >= 0.6 is 23.1 Å². The zero-order valence-electron chi connectivity index (χ0n) is 13.0. The highest BCUT2D eigenvalue weighted by molar-refractivity contribution is 7.99. The Morgan fingerprint density at radius 3 is 3.00 bits per heavy atom. The highest BCUT2D eigenvalue weighted by Crippen LogP contribution is 2.34. The molecule has 1 aliphatic carbocycles. The lowest BCUT2D eigenvalue weighted by molar-refractivity contribution is 0.671. The minimum atomic E-state index is 0.0498. The first-order valence-corrected chi connectivity index (χ1v) is 9.72. The first-order chi connectivity index (χ1) is 11.3. The second kappa shape index (κ2) is 7.33. The molecule has 0 unspecified atom stereocenters. The van der Waals surface area contributed by atoms with Crippen molar-refractivity contribution in [1.29, 1.82) is 5.26 Å². The van der Waals surface area contributed by atoms with Crippen molar-refractivity contribution < 1.29 is 0 Å². The van der Waals surface area contributed by atoms with Crippen molar-refractivity contribution in [3.05, 3.63) is 33.4 Å². The predicted octanol–water partition coefficient (Wildman–Crippen LogP) is 3.92. The van der Waals surface area contributed by atoms with E-state index in [1.54, 1.807) is 22.0 Å². The Bertz CT molecular complexity index is 829. The van der Waals surface area contributed by atoms with Crippen LogP contribution in [-0.4, -0.2) is 15.3 Å². The molecule has 0 amide bonds. The molecule has 1 aliphatic rings. The van der Waals surface area contributed by atoms with Crippen LogP contribution in [0.2, 0.25) is 0 Å². The van der Waals surface area contributed by atoms with Crippen LogP contribution in [0.4, 0.5) is 0 Å². The van der Waals surface area contributed by atoms with Crippen molar-refractivity contribution in [1.82, 2.24) is 9.55 Å². The number of hydrogen-bond acceptors (Lipinski definition) is 5. The Morgan fingerprint density at radius 1 is 1.39 bits per heavy atom. The predicted molar refractivity (Wildman–Crippen MR) is 96.3 cm³/mol. The minimum Gasteiger partial charge on any atom is -0.283 e. The lowest BCUT2D eigenvalue weighted by Crippen LogP contribution is -2.23. The molecule has 0 saturated carbocycles. The smallest absolute Gasteiger partial charge is 0.263 e. The lowest BCUT2D eigenvalue weighted by atomic mass is 10.1. The van der Waals surface area contributed by atoms with E-state index in [0.29, 0.717) is 23.9 Å². The normalized spacial score (nSPS) is 14.2. The van der Waals surface area contributed by atoms with E-state index in [-0.39, 0.29) is 5.56 Å². The van der Waals surface area contributed by atoms with Gasteiger partial charge in [0.2, 0.25) is 0 Å². The van der Waals surface area contributed by atoms with Gasteiger partial charge in [-0.05, 0) is 31.2 Å². The number of aryl methyl sites for hydroxylation is 2. The van der Waals surface area contributed by atoms with Crippen molar-refractivity contribution in [2.24, 2.45) is 0 Å². The summed E-state index contributed by atoms with van der Waals surface area (Å²) < 4.78 is 1.70. The van der Waals surface area contributed by atoms with E-state index in [1.165, 1.54) is 35.0 Å². The Hall–Kier alpha value is -1.58. The van der Waals surface area contributed by atoms with E-state index in [9.17, 15) is 4.79 Å². The molecule has 0 aliphatic heterocycles. The first kappa shape index (κ1) is 16.3. The topological polar surface area (TPSA) is 58.7 Å². The van der Waals surface area contributed by atoms with Gasteiger partial charge in [-0.15, -0.1) is 17.9 Å². The average molecular weight is 345 g/mol. The zero-order valence-corrected chi connectivity index (χ0v) is 14.6. The molecule has 120 valence electrons. The van der Waals surface area contributed by atoms with E-state index in [0.717, 1.165) is 29.5 Å². The molecule has 0 atom stereocenters. The third-order valence-electron chi connectivity index (χ3n) is 4.05. The number of hydrogen-bond donors (Lipinski definition) is 0. The van der Waals surface area contributed by atoms with Gasteiger partial charge in [0.15, 0.2) is 5.16 Å². The highest BCUT2D eigenvalue weighted by atomic mass is 32.2. The molecular formula is C17H19N3OS2. The summed E-state index contributed by atoms with van der Waals surface area (Å²) in [5.74, 6) is 0.649. The van der Waals surface area contributed by atoms with E-state index < -0.39 is 0 Å². The fourth-order valence-corrected chi connectivity index (χ4v) is 5.14. The van der Waals surface area contributed by atoms with Crippen molar-refractivity contribution in [2.75, 3.05) is 5.75 Å². The van der Waals surface area contributed by atoms with Crippen LogP contribution in [0.15, 0.2) is 22.6 Å². The minimum absolute atomic E-state index is 0.0498. The van der Waals surface area contributed by atoms with E-state index in [2.05, 4.69) is 12.6 Å². The van der Waals surface area contributed by atoms with Gasteiger partial charge >= 0.3 is 0 Å². The zero-order chi connectivity index (χ0) is 16.2. The Labute approximate surface area is 143 Å². The number of thiophene rings is 1. The molecule has 2 aromatic heterocycles. The maximum atomic E-state index is 13.0. The van der Waals surface area contributed by atoms with Gasteiger partial charge < -0.3 is 0 Å². The maximum Gasteiger partial charge on any atom is 0.263 e. The molecule has 4 nitrogen and oxygen atoms in total. The Morgan fingerprint density at radius 2 is 2.22 bits per heavy atom. The number of fused-ring (bicyclic) bond motifs is 3. The molecule has 2 aromatic rings. The monoisotopic (exact) mass is 345 g/mol. The second-order valence-electron chi connectivity index (χ2n) is 5.60. The molecule has 0 radical (unpaired) electrons. The fraction of sp³-hybridized carbons (Fsp3) is 0.471.